The van der Waals surface area contributed by atoms with Crippen molar-refractivity contribution in [3.63, 3.8) is 0 Å². The quantitative estimate of drug-likeness (QED) is 0.766. The van der Waals surface area contributed by atoms with Crippen molar-refractivity contribution in [1.29, 1.82) is 0 Å². The molecule has 29 heavy (non-hydrogen) atoms. The van der Waals surface area contributed by atoms with E-state index in [0.29, 0.717) is 37.2 Å². The molecule has 1 aliphatic heterocycles. The zero-order valence-electron chi connectivity index (χ0n) is 17.0. The second kappa shape index (κ2) is 9.37. The predicted molar refractivity (Wildman–Crippen MR) is 113 cm³/mol. The molecule has 0 spiro atoms. The second-order valence-corrected chi connectivity index (χ2v) is 7.29. The van der Waals surface area contributed by atoms with E-state index >= 15 is 0 Å². The van der Waals surface area contributed by atoms with Crippen LogP contribution < -0.4 is 10.2 Å². The smallest absolute Gasteiger partial charge is 0.251 e. The van der Waals surface area contributed by atoms with Crippen molar-refractivity contribution in [1.82, 2.24) is 10.2 Å². The van der Waals surface area contributed by atoms with Crippen LogP contribution in [0.2, 0.25) is 0 Å². The van der Waals surface area contributed by atoms with Gasteiger partial charge in [0.15, 0.2) is 5.78 Å². The molecule has 0 atom stereocenters. The molecule has 0 aliphatic carbocycles. The number of carbonyl (C=O) groups excluding carboxylic acids is 3. The van der Waals surface area contributed by atoms with Gasteiger partial charge in [-0.15, -0.1) is 0 Å². The Balaban J connectivity index is 1.43. The van der Waals surface area contributed by atoms with Crippen LogP contribution in [0.4, 0.5) is 5.69 Å². The lowest BCUT2D eigenvalue weighted by Gasteiger charge is -2.36. The van der Waals surface area contributed by atoms with Crippen molar-refractivity contribution in [2.75, 3.05) is 37.6 Å². The van der Waals surface area contributed by atoms with Crippen LogP contribution in [0.1, 0.15) is 39.6 Å². The maximum Gasteiger partial charge on any atom is 0.251 e. The van der Waals surface area contributed by atoms with Crippen LogP contribution in [0.25, 0.3) is 0 Å². The topological polar surface area (TPSA) is 69.7 Å². The lowest BCUT2D eigenvalue weighted by atomic mass is 10.1. The van der Waals surface area contributed by atoms with Crippen LogP contribution in [0.3, 0.4) is 0 Å². The highest BCUT2D eigenvalue weighted by Gasteiger charge is 2.21. The van der Waals surface area contributed by atoms with Gasteiger partial charge in [0.2, 0.25) is 5.91 Å². The van der Waals surface area contributed by atoms with E-state index in [4.69, 9.17) is 0 Å². The van der Waals surface area contributed by atoms with Crippen molar-refractivity contribution >= 4 is 23.3 Å². The summed E-state index contributed by atoms with van der Waals surface area (Å²) < 4.78 is 0. The summed E-state index contributed by atoms with van der Waals surface area (Å²) in [7, 11) is 0. The molecule has 6 heteroatoms. The number of nitrogens with zero attached hydrogens (tertiary/aromatic N) is 2. The summed E-state index contributed by atoms with van der Waals surface area (Å²) in [6.45, 7) is 6.59. The summed E-state index contributed by atoms with van der Waals surface area (Å²) in [4.78, 5) is 40.1. The number of benzene rings is 2. The SMILES string of the molecule is CC(=O)c1ccc(N2CCN(C(=O)CCNC(=O)c3ccccc3C)CC2)cc1. The Bertz CT molecular complexity index is 884. The van der Waals surface area contributed by atoms with E-state index in [-0.39, 0.29) is 17.6 Å². The molecule has 1 fully saturated rings. The van der Waals surface area contributed by atoms with E-state index in [9.17, 15) is 14.4 Å². The molecule has 0 saturated carbocycles. The average Bonchev–Trinajstić information content (AvgIpc) is 2.74. The number of Topliss-reactive ketones (excluding diaryl/α,β-unsaturated/α-hetero) is 1. The maximum atomic E-state index is 12.5. The van der Waals surface area contributed by atoms with Crippen LogP contribution in [-0.4, -0.2) is 55.2 Å². The fourth-order valence-corrected chi connectivity index (χ4v) is 3.48. The number of anilines is 1. The molecule has 2 amide bonds. The third-order valence-electron chi connectivity index (χ3n) is 5.29. The molecule has 1 N–H and O–H groups in total. The van der Waals surface area contributed by atoms with Crippen LogP contribution in [0.5, 0.6) is 0 Å². The highest BCUT2D eigenvalue weighted by Crippen LogP contribution is 2.18. The van der Waals surface area contributed by atoms with Gasteiger partial charge in [0.05, 0.1) is 0 Å². The lowest BCUT2D eigenvalue weighted by Crippen LogP contribution is -2.49. The minimum atomic E-state index is -0.144. The number of aryl methyl sites for hydroxylation is 1. The van der Waals surface area contributed by atoms with E-state index in [1.165, 1.54) is 0 Å². The third kappa shape index (κ3) is 5.22. The molecule has 0 unspecified atom stereocenters. The first kappa shape index (κ1) is 20.6. The third-order valence-corrected chi connectivity index (χ3v) is 5.29. The van der Waals surface area contributed by atoms with Crippen molar-refractivity contribution in [3.8, 4) is 0 Å². The van der Waals surface area contributed by atoms with Gasteiger partial charge in [-0.25, -0.2) is 0 Å². The van der Waals surface area contributed by atoms with Gasteiger partial charge < -0.3 is 15.1 Å². The molecular formula is C23H27N3O3. The largest absolute Gasteiger partial charge is 0.368 e. The van der Waals surface area contributed by atoms with E-state index < -0.39 is 0 Å². The minimum Gasteiger partial charge on any atom is -0.368 e. The normalized spacial score (nSPS) is 13.9. The number of nitrogens with one attached hydrogen (secondary N) is 1. The van der Waals surface area contributed by atoms with Crippen LogP contribution in [0, 0.1) is 6.92 Å². The van der Waals surface area contributed by atoms with Gasteiger partial charge in [0, 0.05) is 56.0 Å². The number of ketones is 1. The summed E-state index contributed by atoms with van der Waals surface area (Å²) in [6.07, 6.45) is 0.297. The van der Waals surface area contributed by atoms with Gasteiger partial charge >= 0.3 is 0 Å². The molecule has 2 aromatic rings. The van der Waals surface area contributed by atoms with Crippen LogP contribution in [-0.2, 0) is 4.79 Å². The molecule has 0 bridgehead atoms. The van der Waals surface area contributed by atoms with Gasteiger partial charge in [0.25, 0.3) is 5.91 Å². The first-order chi connectivity index (χ1) is 14.0. The fraction of sp³-hybridized carbons (Fsp3) is 0.348. The summed E-state index contributed by atoms with van der Waals surface area (Å²) in [5, 5.41) is 2.83. The van der Waals surface area contributed by atoms with E-state index in [2.05, 4.69) is 10.2 Å². The van der Waals surface area contributed by atoms with Gasteiger partial charge in [-0.05, 0) is 49.7 Å². The number of piperazine rings is 1. The molecule has 0 radical (unpaired) electrons. The first-order valence-corrected chi connectivity index (χ1v) is 9.93. The second-order valence-electron chi connectivity index (χ2n) is 7.29. The summed E-state index contributed by atoms with van der Waals surface area (Å²) in [5.74, 6) is -0.0297. The molecule has 2 aromatic carbocycles. The number of hydrogen-bond donors (Lipinski definition) is 1. The highest BCUT2D eigenvalue weighted by atomic mass is 16.2. The van der Waals surface area contributed by atoms with Crippen LogP contribution >= 0.6 is 0 Å². The Morgan fingerprint density at radius 1 is 0.931 bits per heavy atom. The lowest BCUT2D eigenvalue weighted by molar-refractivity contribution is -0.131. The summed E-state index contributed by atoms with van der Waals surface area (Å²) in [6, 6.07) is 15.0. The Labute approximate surface area is 171 Å². The zero-order valence-corrected chi connectivity index (χ0v) is 17.0. The average molecular weight is 393 g/mol. The van der Waals surface area contributed by atoms with Gasteiger partial charge in [-0.1, -0.05) is 18.2 Å². The molecule has 6 nitrogen and oxygen atoms in total. The molecular weight excluding hydrogens is 366 g/mol. The monoisotopic (exact) mass is 393 g/mol. The van der Waals surface area contributed by atoms with Crippen molar-refractivity contribution in [2.24, 2.45) is 0 Å². The minimum absolute atomic E-state index is 0.0569. The molecule has 3 rings (SSSR count). The Morgan fingerprint density at radius 3 is 2.21 bits per heavy atom. The fourth-order valence-electron chi connectivity index (χ4n) is 3.48. The van der Waals surface area contributed by atoms with E-state index in [1.807, 2.05) is 54.3 Å². The number of rotatable bonds is 6. The Kier molecular flexibility index (Phi) is 6.65. The number of hydrogen-bond acceptors (Lipinski definition) is 4. The van der Waals surface area contributed by atoms with Crippen molar-refractivity contribution in [2.45, 2.75) is 20.3 Å². The standard InChI is InChI=1S/C23H27N3O3/c1-17-5-3-4-6-21(17)23(29)24-12-11-22(28)26-15-13-25(14-16-26)20-9-7-19(8-10-20)18(2)27/h3-10H,11-16H2,1-2H3,(H,24,29). The summed E-state index contributed by atoms with van der Waals surface area (Å²) >= 11 is 0. The molecule has 152 valence electrons. The Morgan fingerprint density at radius 2 is 1.59 bits per heavy atom. The Hall–Kier alpha value is -3.15. The number of carbonyl (C=O) groups is 3. The van der Waals surface area contributed by atoms with Gasteiger partial charge in [0.1, 0.15) is 0 Å². The van der Waals surface area contributed by atoms with Crippen LogP contribution in [0.15, 0.2) is 48.5 Å². The number of amides is 2. The molecule has 1 saturated heterocycles. The van der Waals surface area contributed by atoms with Crippen molar-refractivity contribution < 1.29 is 14.4 Å². The highest BCUT2D eigenvalue weighted by molar-refractivity contribution is 5.96. The molecule has 0 aromatic heterocycles. The first-order valence-electron chi connectivity index (χ1n) is 9.93. The molecule has 1 heterocycles. The van der Waals surface area contributed by atoms with E-state index in [0.717, 1.165) is 24.3 Å². The maximum absolute atomic E-state index is 12.5. The van der Waals surface area contributed by atoms with Gasteiger partial charge in [-0.3, -0.25) is 14.4 Å². The van der Waals surface area contributed by atoms with E-state index in [1.54, 1.807) is 13.0 Å². The predicted octanol–water partition coefficient (Wildman–Crippen LogP) is 2.67. The zero-order chi connectivity index (χ0) is 20.8. The van der Waals surface area contributed by atoms with Gasteiger partial charge in [-0.2, -0.15) is 0 Å². The van der Waals surface area contributed by atoms with Crippen molar-refractivity contribution in [3.05, 3.63) is 65.2 Å². The molecule has 1 aliphatic rings. The summed E-state index contributed by atoms with van der Waals surface area (Å²) in [5.41, 5.74) is 3.33.